The Morgan fingerprint density at radius 1 is 1.12 bits per heavy atom. The number of rotatable bonds is 0. The number of aromatic nitrogens is 1. The summed E-state index contributed by atoms with van der Waals surface area (Å²) in [6.45, 7) is 2.13. The maximum atomic E-state index is 4.87. The van der Waals surface area contributed by atoms with E-state index in [4.69, 9.17) is 4.98 Å². The third-order valence-electron chi connectivity index (χ3n) is 4.36. The number of hydrogen-bond acceptors (Lipinski definition) is 1. The van der Waals surface area contributed by atoms with Crippen LogP contribution in [0.3, 0.4) is 0 Å². The van der Waals surface area contributed by atoms with Gasteiger partial charge in [-0.15, -0.1) is 0 Å². The van der Waals surface area contributed by atoms with Gasteiger partial charge in [-0.05, 0) is 31.1 Å². The van der Waals surface area contributed by atoms with E-state index in [2.05, 4.69) is 43.3 Å². The van der Waals surface area contributed by atoms with Crippen LogP contribution in [-0.4, -0.2) is 4.98 Å². The molecule has 1 aromatic heterocycles. The first-order valence-electron chi connectivity index (χ1n) is 6.42. The number of nitrogens with zero attached hydrogens (tertiary/aromatic N) is 1. The van der Waals surface area contributed by atoms with E-state index in [9.17, 15) is 0 Å². The molecule has 1 saturated carbocycles. The van der Waals surface area contributed by atoms with Crippen molar-refractivity contribution in [1.82, 2.24) is 4.98 Å². The van der Waals surface area contributed by atoms with Crippen molar-refractivity contribution in [3.63, 3.8) is 0 Å². The average molecular weight is 221 g/mol. The van der Waals surface area contributed by atoms with Crippen molar-refractivity contribution in [3.05, 3.63) is 47.3 Å². The van der Waals surface area contributed by atoms with Crippen molar-refractivity contribution < 1.29 is 0 Å². The van der Waals surface area contributed by atoms with Gasteiger partial charge in [0.1, 0.15) is 0 Å². The highest BCUT2D eigenvalue weighted by atomic mass is 14.7. The number of hydrogen-bond donors (Lipinski definition) is 0. The van der Waals surface area contributed by atoms with Crippen LogP contribution in [0.5, 0.6) is 0 Å². The molecule has 0 spiro atoms. The van der Waals surface area contributed by atoms with Crippen LogP contribution in [0.4, 0.5) is 0 Å². The van der Waals surface area contributed by atoms with E-state index < -0.39 is 0 Å². The number of fused-ring (bicyclic) bond motifs is 5. The van der Waals surface area contributed by atoms with Crippen LogP contribution in [0.15, 0.2) is 30.3 Å². The average Bonchev–Trinajstić information content (AvgIpc) is 2.31. The molecule has 4 rings (SSSR count). The van der Waals surface area contributed by atoms with Crippen molar-refractivity contribution in [3.8, 4) is 0 Å². The van der Waals surface area contributed by atoms with Gasteiger partial charge in [0.15, 0.2) is 0 Å². The minimum atomic E-state index is 0.693. The fourth-order valence-electron chi connectivity index (χ4n) is 3.25. The molecule has 2 aliphatic rings. The summed E-state index contributed by atoms with van der Waals surface area (Å²) >= 11 is 0. The first-order chi connectivity index (χ1) is 8.34. The lowest BCUT2D eigenvalue weighted by molar-refractivity contribution is 0.307. The van der Waals surface area contributed by atoms with E-state index in [0.717, 1.165) is 5.92 Å². The molecular weight excluding hydrogens is 206 g/mol. The quantitative estimate of drug-likeness (QED) is 0.653. The monoisotopic (exact) mass is 221 g/mol. The summed E-state index contributed by atoms with van der Waals surface area (Å²) in [5, 5.41) is 2.67. The van der Waals surface area contributed by atoms with Crippen LogP contribution in [-0.2, 0) is 0 Å². The lowest BCUT2D eigenvalue weighted by Gasteiger charge is -2.38. The normalized spacial score (nSPS) is 25.2. The van der Waals surface area contributed by atoms with Crippen molar-refractivity contribution >= 4 is 16.8 Å². The third-order valence-corrected chi connectivity index (χ3v) is 4.36. The summed E-state index contributed by atoms with van der Waals surface area (Å²) in [6.07, 6.45) is 7.34. The van der Waals surface area contributed by atoms with Gasteiger partial charge in [0.05, 0.1) is 5.69 Å². The summed E-state index contributed by atoms with van der Waals surface area (Å²) in [5.41, 5.74) is 3.90. The van der Waals surface area contributed by atoms with Gasteiger partial charge in [0, 0.05) is 22.6 Å². The van der Waals surface area contributed by atoms with Crippen molar-refractivity contribution in [2.45, 2.75) is 25.7 Å². The van der Waals surface area contributed by atoms with Gasteiger partial charge >= 0.3 is 0 Å². The molecule has 17 heavy (non-hydrogen) atoms. The van der Waals surface area contributed by atoms with Crippen molar-refractivity contribution in [1.29, 1.82) is 0 Å². The topological polar surface area (TPSA) is 12.9 Å². The molecule has 2 aliphatic carbocycles. The first kappa shape index (κ1) is 9.41. The summed E-state index contributed by atoms with van der Waals surface area (Å²) in [4.78, 5) is 4.87. The maximum absolute atomic E-state index is 4.87. The van der Waals surface area contributed by atoms with Gasteiger partial charge in [0.25, 0.3) is 0 Å². The highest BCUT2D eigenvalue weighted by molar-refractivity contribution is 5.93. The molecule has 0 radical (unpaired) electrons. The summed E-state index contributed by atoms with van der Waals surface area (Å²) in [5.74, 6) is 1.45. The van der Waals surface area contributed by atoms with E-state index in [-0.39, 0.29) is 0 Å². The largest absolute Gasteiger partial charge is 0.257 e. The lowest BCUT2D eigenvalue weighted by Crippen LogP contribution is -2.26. The van der Waals surface area contributed by atoms with Gasteiger partial charge < -0.3 is 0 Å². The fraction of sp³-hybridized carbons (Fsp3) is 0.312. The molecule has 2 unspecified atom stereocenters. The second kappa shape index (κ2) is 3.19. The van der Waals surface area contributed by atoms with Gasteiger partial charge in [-0.3, -0.25) is 4.98 Å². The van der Waals surface area contributed by atoms with Crippen LogP contribution in [0, 0.1) is 12.8 Å². The highest BCUT2D eigenvalue weighted by Gasteiger charge is 2.35. The Hall–Kier alpha value is -1.63. The molecular formula is C16H15N. The Morgan fingerprint density at radius 2 is 1.94 bits per heavy atom. The Labute approximate surface area is 101 Å². The van der Waals surface area contributed by atoms with E-state index in [0.29, 0.717) is 5.92 Å². The minimum Gasteiger partial charge on any atom is -0.257 e. The Balaban J connectivity index is 2.09. The molecule has 0 amide bonds. The molecule has 1 nitrogen and oxygen atoms in total. The number of aryl methyl sites for hydroxylation is 1. The molecule has 0 bridgehead atoms. The Bertz CT molecular complexity index is 639. The van der Waals surface area contributed by atoms with Gasteiger partial charge in [-0.1, -0.05) is 36.4 Å². The van der Waals surface area contributed by atoms with Gasteiger partial charge in [-0.2, -0.15) is 0 Å². The van der Waals surface area contributed by atoms with Crippen molar-refractivity contribution in [2.24, 2.45) is 5.92 Å². The molecule has 0 saturated heterocycles. The fourth-order valence-corrected chi connectivity index (χ4v) is 3.25. The molecule has 0 N–H and O–H groups in total. The number of pyridine rings is 1. The van der Waals surface area contributed by atoms with Gasteiger partial charge in [0.2, 0.25) is 0 Å². The summed E-state index contributed by atoms with van der Waals surface area (Å²) in [7, 11) is 0. The SMILES string of the molecule is Cc1nc2c(c3ccccc13)C=CC1CCC21. The molecule has 1 heterocycles. The number of allylic oxidation sites excluding steroid dienone is 1. The second-order valence-electron chi connectivity index (χ2n) is 5.25. The standard InChI is InChI=1S/C16H15N/c1-10-12-4-2-3-5-14(12)15-9-7-11-6-8-13(11)16(15)17-10/h2-5,7,9,11,13H,6,8H2,1H3. The number of benzene rings is 1. The molecule has 1 aromatic carbocycles. The van der Waals surface area contributed by atoms with Crippen LogP contribution in [0.2, 0.25) is 0 Å². The predicted octanol–water partition coefficient (Wildman–Crippen LogP) is 4.06. The zero-order chi connectivity index (χ0) is 11.4. The Morgan fingerprint density at radius 3 is 2.71 bits per heavy atom. The smallest absolute Gasteiger partial charge is 0.0522 e. The minimum absolute atomic E-state index is 0.693. The highest BCUT2D eigenvalue weighted by Crippen LogP contribution is 2.48. The van der Waals surface area contributed by atoms with Crippen LogP contribution in [0.25, 0.3) is 16.8 Å². The molecule has 2 atom stereocenters. The van der Waals surface area contributed by atoms with E-state index >= 15 is 0 Å². The van der Waals surface area contributed by atoms with Crippen molar-refractivity contribution in [2.75, 3.05) is 0 Å². The van der Waals surface area contributed by atoms with Crippen LogP contribution >= 0.6 is 0 Å². The van der Waals surface area contributed by atoms with Gasteiger partial charge in [-0.25, -0.2) is 0 Å². The second-order valence-corrected chi connectivity index (χ2v) is 5.25. The molecule has 84 valence electrons. The zero-order valence-corrected chi connectivity index (χ0v) is 9.98. The van der Waals surface area contributed by atoms with Crippen LogP contribution < -0.4 is 0 Å². The van der Waals surface area contributed by atoms with Crippen LogP contribution in [0.1, 0.15) is 35.7 Å². The maximum Gasteiger partial charge on any atom is 0.0522 e. The third kappa shape index (κ3) is 1.17. The zero-order valence-electron chi connectivity index (χ0n) is 9.98. The predicted molar refractivity (Wildman–Crippen MR) is 71.0 cm³/mol. The molecule has 0 aliphatic heterocycles. The Kier molecular flexibility index (Phi) is 1.77. The first-order valence-corrected chi connectivity index (χ1v) is 6.42. The summed E-state index contributed by atoms with van der Waals surface area (Å²) < 4.78 is 0. The molecule has 1 fully saturated rings. The van der Waals surface area contributed by atoms with E-state index in [1.165, 1.54) is 40.6 Å². The molecule has 2 aromatic rings. The summed E-state index contributed by atoms with van der Waals surface area (Å²) in [6, 6.07) is 8.63. The van der Waals surface area contributed by atoms with E-state index in [1.54, 1.807) is 0 Å². The lowest BCUT2D eigenvalue weighted by atomic mass is 9.67. The molecule has 1 heteroatoms. The van der Waals surface area contributed by atoms with E-state index in [1.807, 2.05) is 0 Å².